The fourth-order valence-electron chi connectivity index (χ4n) is 5.90. The third kappa shape index (κ3) is 3.51. The zero-order chi connectivity index (χ0) is 15.5. The number of carbonyl (C=O) groups is 1. The third-order valence-electron chi connectivity index (χ3n) is 6.88. The van der Waals surface area contributed by atoms with Gasteiger partial charge in [0, 0.05) is 6.42 Å². The van der Waals surface area contributed by atoms with Gasteiger partial charge in [0.2, 0.25) is 0 Å². The molecule has 0 aromatic heterocycles. The van der Waals surface area contributed by atoms with Gasteiger partial charge in [0.05, 0.1) is 0 Å². The number of carbonyl (C=O) groups excluding carboxylic acids is 1. The zero-order valence-corrected chi connectivity index (χ0v) is 14.6. The first-order chi connectivity index (χ1) is 10.7. The molecule has 2 heteroatoms. The molecule has 126 valence electrons. The average molecular weight is 306 g/mol. The van der Waals surface area contributed by atoms with Crippen molar-refractivity contribution in [1.82, 2.24) is 0 Å². The minimum atomic E-state index is -0.00258. The molecule has 0 saturated heterocycles. The summed E-state index contributed by atoms with van der Waals surface area (Å²) in [6.07, 6.45) is 14.4. The van der Waals surface area contributed by atoms with Gasteiger partial charge in [0.1, 0.15) is 6.10 Å². The summed E-state index contributed by atoms with van der Waals surface area (Å²) in [6, 6.07) is 0. The highest BCUT2D eigenvalue weighted by atomic mass is 16.5. The summed E-state index contributed by atoms with van der Waals surface area (Å²) in [6.45, 7) is 4.23. The van der Waals surface area contributed by atoms with Crippen LogP contribution in [0.2, 0.25) is 0 Å². The number of fused-ring (bicyclic) bond motifs is 3. The molecular weight excluding hydrogens is 272 g/mol. The highest BCUT2D eigenvalue weighted by Gasteiger charge is 2.44. The van der Waals surface area contributed by atoms with Gasteiger partial charge in [0.15, 0.2) is 0 Å². The van der Waals surface area contributed by atoms with Crippen molar-refractivity contribution in [2.75, 3.05) is 0 Å². The Bertz CT molecular complexity index is 378. The van der Waals surface area contributed by atoms with E-state index in [1.54, 1.807) is 0 Å². The molecule has 0 aromatic carbocycles. The average Bonchev–Trinajstić information content (AvgIpc) is 2.54. The number of esters is 1. The minimum Gasteiger partial charge on any atom is -0.462 e. The van der Waals surface area contributed by atoms with Crippen LogP contribution < -0.4 is 0 Å². The monoisotopic (exact) mass is 306 g/mol. The molecular formula is C20H34O2. The van der Waals surface area contributed by atoms with E-state index in [-0.39, 0.29) is 12.1 Å². The molecule has 2 nitrogen and oxygen atoms in total. The number of hydrogen-bond acceptors (Lipinski definition) is 2. The van der Waals surface area contributed by atoms with Crippen LogP contribution >= 0.6 is 0 Å². The predicted molar refractivity (Wildman–Crippen MR) is 89.5 cm³/mol. The van der Waals surface area contributed by atoms with E-state index in [1.165, 1.54) is 51.4 Å². The van der Waals surface area contributed by atoms with Gasteiger partial charge in [-0.05, 0) is 74.5 Å². The third-order valence-corrected chi connectivity index (χ3v) is 6.88. The second-order valence-electron chi connectivity index (χ2n) is 8.17. The lowest BCUT2D eigenvalue weighted by Gasteiger charge is -2.50. The van der Waals surface area contributed by atoms with Gasteiger partial charge in [-0.25, -0.2) is 0 Å². The van der Waals surface area contributed by atoms with Crippen LogP contribution in [0, 0.1) is 29.6 Å². The van der Waals surface area contributed by atoms with Crippen molar-refractivity contribution in [2.24, 2.45) is 29.6 Å². The molecule has 4 unspecified atom stereocenters. The maximum Gasteiger partial charge on any atom is 0.305 e. The molecule has 3 aliphatic carbocycles. The summed E-state index contributed by atoms with van der Waals surface area (Å²) in [7, 11) is 0. The standard InChI is InChI=1S/C20H34O2/c1-3-5-14-6-10-18-15(12-14)7-8-16-13-17(9-11-19(16)18)22-20(21)4-2/h14-19H,3-13H2,1-2H3/t14-,15?,16?,17-,18?,19?/m0/s1. The molecule has 0 N–H and O–H groups in total. The Balaban J connectivity index is 1.55. The van der Waals surface area contributed by atoms with Crippen LogP contribution in [0.1, 0.15) is 84.5 Å². The van der Waals surface area contributed by atoms with Crippen LogP contribution in [0.15, 0.2) is 0 Å². The molecule has 0 aliphatic heterocycles. The van der Waals surface area contributed by atoms with Crippen molar-refractivity contribution >= 4 is 5.97 Å². The van der Waals surface area contributed by atoms with Crippen LogP contribution in [-0.2, 0) is 9.53 Å². The van der Waals surface area contributed by atoms with Crippen molar-refractivity contribution in [3.8, 4) is 0 Å². The van der Waals surface area contributed by atoms with Gasteiger partial charge in [-0.1, -0.05) is 33.1 Å². The van der Waals surface area contributed by atoms with Gasteiger partial charge < -0.3 is 4.74 Å². The molecule has 0 heterocycles. The van der Waals surface area contributed by atoms with E-state index in [0.717, 1.165) is 42.4 Å². The highest BCUT2D eigenvalue weighted by Crippen LogP contribution is 2.53. The normalized spacial score (nSPS) is 41.4. The Hall–Kier alpha value is -0.530. The fraction of sp³-hybridized carbons (Fsp3) is 0.950. The van der Waals surface area contributed by atoms with Crippen LogP contribution in [-0.4, -0.2) is 12.1 Å². The number of rotatable bonds is 4. The lowest BCUT2D eigenvalue weighted by molar-refractivity contribution is -0.153. The van der Waals surface area contributed by atoms with Crippen LogP contribution in [0.25, 0.3) is 0 Å². The first-order valence-electron chi connectivity index (χ1n) is 9.90. The summed E-state index contributed by atoms with van der Waals surface area (Å²) >= 11 is 0. The van der Waals surface area contributed by atoms with Gasteiger partial charge in [0.25, 0.3) is 0 Å². The van der Waals surface area contributed by atoms with Gasteiger partial charge in [-0.2, -0.15) is 0 Å². The van der Waals surface area contributed by atoms with E-state index in [2.05, 4.69) is 6.92 Å². The summed E-state index contributed by atoms with van der Waals surface area (Å²) in [5, 5.41) is 0. The molecule has 3 rings (SSSR count). The Morgan fingerprint density at radius 1 is 0.909 bits per heavy atom. The topological polar surface area (TPSA) is 26.3 Å². The van der Waals surface area contributed by atoms with Crippen molar-refractivity contribution < 1.29 is 9.53 Å². The Kier molecular flexibility index (Phi) is 5.46. The second kappa shape index (κ2) is 7.36. The second-order valence-corrected chi connectivity index (χ2v) is 8.17. The summed E-state index contributed by atoms with van der Waals surface area (Å²) in [4.78, 5) is 11.5. The maximum absolute atomic E-state index is 11.5. The first-order valence-corrected chi connectivity index (χ1v) is 9.90. The Morgan fingerprint density at radius 2 is 1.59 bits per heavy atom. The molecule has 22 heavy (non-hydrogen) atoms. The lowest BCUT2D eigenvalue weighted by atomic mass is 9.56. The van der Waals surface area contributed by atoms with E-state index in [4.69, 9.17) is 4.74 Å². The lowest BCUT2D eigenvalue weighted by Crippen LogP contribution is -2.43. The van der Waals surface area contributed by atoms with E-state index in [0.29, 0.717) is 6.42 Å². The van der Waals surface area contributed by atoms with E-state index >= 15 is 0 Å². The largest absolute Gasteiger partial charge is 0.462 e. The van der Waals surface area contributed by atoms with E-state index in [9.17, 15) is 4.79 Å². The molecule has 0 bridgehead atoms. The quantitative estimate of drug-likeness (QED) is 0.654. The van der Waals surface area contributed by atoms with Gasteiger partial charge in [-0.3, -0.25) is 4.79 Å². The molecule has 0 aromatic rings. The van der Waals surface area contributed by atoms with Gasteiger partial charge in [-0.15, -0.1) is 0 Å². The molecule has 0 spiro atoms. The molecule has 3 aliphatic rings. The SMILES string of the molecule is CCC[C@H]1CCC2C(CCC3C[C@@H](OC(=O)CC)CCC32)C1. The van der Waals surface area contributed by atoms with Crippen molar-refractivity contribution in [2.45, 2.75) is 90.6 Å². The first kappa shape index (κ1) is 16.3. The van der Waals surface area contributed by atoms with Crippen molar-refractivity contribution in [3.63, 3.8) is 0 Å². The highest BCUT2D eigenvalue weighted by molar-refractivity contribution is 5.69. The number of ether oxygens (including phenoxy) is 1. The number of hydrogen-bond donors (Lipinski definition) is 0. The predicted octanol–water partition coefficient (Wildman–Crippen LogP) is 5.35. The molecule has 0 radical (unpaired) electrons. The molecule has 0 amide bonds. The van der Waals surface area contributed by atoms with Crippen molar-refractivity contribution in [3.05, 3.63) is 0 Å². The van der Waals surface area contributed by atoms with Crippen molar-refractivity contribution in [1.29, 1.82) is 0 Å². The summed E-state index contributed by atoms with van der Waals surface area (Å²) < 4.78 is 5.64. The van der Waals surface area contributed by atoms with E-state index in [1.807, 2.05) is 6.92 Å². The Morgan fingerprint density at radius 3 is 2.27 bits per heavy atom. The summed E-state index contributed by atoms with van der Waals surface area (Å²) in [5.41, 5.74) is 0. The van der Waals surface area contributed by atoms with Gasteiger partial charge >= 0.3 is 5.97 Å². The van der Waals surface area contributed by atoms with Crippen LogP contribution in [0.5, 0.6) is 0 Å². The maximum atomic E-state index is 11.5. The zero-order valence-electron chi connectivity index (χ0n) is 14.6. The van der Waals surface area contributed by atoms with Crippen LogP contribution in [0.4, 0.5) is 0 Å². The van der Waals surface area contributed by atoms with E-state index < -0.39 is 0 Å². The summed E-state index contributed by atoms with van der Waals surface area (Å²) in [5.74, 6) is 4.81. The molecule has 6 atom stereocenters. The Labute approximate surface area is 136 Å². The minimum absolute atomic E-state index is 0.00258. The molecule has 3 fully saturated rings. The smallest absolute Gasteiger partial charge is 0.305 e. The molecule has 3 saturated carbocycles. The van der Waals surface area contributed by atoms with Crippen LogP contribution in [0.3, 0.4) is 0 Å². The fourth-order valence-corrected chi connectivity index (χ4v) is 5.90.